The maximum absolute atomic E-state index is 8.50. The standard InChI is InChI=1S/Ag.2FH.Mo.2O/h;2*1H;;;. The zero-order chi connectivity index (χ0) is 2.71. The fraction of sp³-hybridized carbons (Fsp3) is 0. The second-order valence-electron chi connectivity index (χ2n) is 0.0680. The normalized spacial score (nSPS) is 2.00. The second-order valence-corrected chi connectivity index (χ2v) is 0.403. The van der Waals surface area contributed by atoms with Gasteiger partial charge in [-0.2, -0.15) is 0 Å². The Bertz CT molecular complexity index is 32.5. The van der Waals surface area contributed by atoms with Crippen LogP contribution in [0.5, 0.6) is 0 Å². The van der Waals surface area contributed by atoms with E-state index in [1.54, 1.807) is 0 Å². The Morgan fingerprint density at radius 3 is 1.00 bits per heavy atom. The molecular weight excluding hydrogens is 274 g/mol. The molecule has 0 aliphatic heterocycles. The molecule has 0 heterocycles. The molecule has 0 amide bonds. The first kappa shape index (κ1) is 28.6. The van der Waals surface area contributed by atoms with Crippen molar-refractivity contribution in [3.63, 3.8) is 0 Å². The fourth-order valence-electron chi connectivity index (χ4n) is 0. The molecule has 2 nitrogen and oxygen atoms in total. The van der Waals surface area contributed by atoms with E-state index in [4.69, 9.17) is 6.80 Å². The Hall–Kier alpha value is 0.889. The minimum absolute atomic E-state index is 0. The van der Waals surface area contributed by atoms with Crippen LogP contribution in [0, 0.1) is 0 Å². The average Bonchev–Trinajstić information content (AvgIpc) is 0.918. The van der Waals surface area contributed by atoms with Crippen LogP contribution in [0.2, 0.25) is 0 Å². The van der Waals surface area contributed by atoms with Gasteiger partial charge in [0, 0.05) is 22.4 Å². The monoisotopic (exact) mass is 277 g/mol. The molecule has 0 N–H and O–H groups in total. The van der Waals surface area contributed by atoms with Gasteiger partial charge < -0.3 is 0 Å². The molecule has 45 valence electrons. The van der Waals surface area contributed by atoms with Crippen LogP contribution in [-0.2, 0) is 47.7 Å². The number of halogens is 2. The molecular formula is H2AgF2MoO2. The van der Waals surface area contributed by atoms with Gasteiger partial charge in [-0.1, -0.05) is 0 Å². The molecule has 0 aliphatic carbocycles. The van der Waals surface area contributed by atoms with E-state index in [1.165, 1.54) is 0 Å². The third-order valence-corrected chi connectivity index (χ3v) is 0. The number of hydrogen-bond donors (Lipinski definition) is 0. The molecule has 0 saturated heterocycles. The van der Waals surface area contributed by atoms with Gasteiger partial charge in [0.05, 0.1) is 0 Å². The van der Waals surface area contributed by atoms with Gasteiger partial charge in [0.2, 0.25) is 0 Å². The summed E-state index contributed by atoms with van der Waals surface area (Å²) >= 11 is -2.03. The Morgan fingerprint density at radius 1 is 1.00 bits per heavy atom. The molecule has 0 saturated carbocycles. The predicted octanol–water partition coefficient (Wildman–Crippen LogP) is 0.0624. The van der Waals surface area contributed by atoms with Crippen LogP contribution in [0.1, 0.15) is 0 Å². The summed E-state index contributed by atoms with van der Waals surface area (Å²) in [5.74, 6) is 0. The van der Waals surface area contributed by atoms with E-state index in [0.29, 0.717) is 0 Å². The van der Waals surface area contributed by atoms with Crippen molar-refractivity contribution in [1.82, 2.24) is 0 Å². The van der Waals surface area contributed by atoms with Crippen molar-refractivity contribution in [2.24, 2.45) is 0 Å². The molecule has 0 bridgehead atoms. The van der Waals surface area contributed by atoms with Crippen molar-refractivity contribution < 1.29 is 57.1 Å². The molecule has 6 heavy (non-hydrogen) atoms. The molecule has 0 rings (SSSR count). The Kier molecular flexibility index (Phi) is 188. The van der Waals surface area contributed by atoms with E-state index in [-0.39, 0.29) is 31.8 Å². The summed E-state index contributed by atoms with van der Waals surface area (Å²) in [6.45, 7) is 0. The molecule has 0 atom stereocenters. The molecule has 0 aliphatic rings. The summed E-state index contributed by atoms with van der Waals surface area (Å²) < 4.78 is 17.0. The quantitative estimate of drug-likeness (QED) is 0.586. The molecule has 1 radical (unpaired) electrons. The molecule has 0 aromatic heterocycles. The molecule has 6 heteroatoms. The molecule has 0 spiro atoms. The summed E-state index contributed by atoms with van der Waals surface area (Å²) in [6.07, 6.45) is 0. The molecule has 0 unspecified atom stereocenters. The van der Waals surface area contributed by atoms with Gasteiger partial charge in [-0.3, -0.25) is 9.41 Å². The zero-order valence-corrected chi connectivity index (χ0v) is 5.83. The van der Waals surface area contributed by atoms with Crippen molar-refractivity contribution in [3.8, 4) is 0 Å². The van der Waals surface area contributed by atoms with Crippen molar-refractivity contribution in [1.29, 1.82) is 0 Å². The molecule has 0 aromatic rings. The Labute approximate surface area is 57.1 Å². The van der Waals surface area contributed by atoms with E-state index in [2.05, 4.69) is 0 Å². The van der Waals surface area contributed by atoms with Crippen LogP contribution < -0.4 is 0 Å². The van der Waals surface area contributed by atoms with Gasteiger partial charge in [0.1, 0.15) is 0 Å². The summed E-state index contributed by atoms with van der Waals surface area (Å²) in [4.78, 5) is 0. The van der Waals surface area contributed by atoms with E-state index in [9.17, 15) is 0 Å². The molecule has 0 aromatic carbocycles. The predicted molar refractivity (Wildman–Crippen MR) is 6.38 cm³/mol. The van der Waals surface area contributed by atoms with E-state index in [0.717, 1.165) is 0 Å². The van der Waals surface area contributed by atoms with E-state index < -0.39 is 18.5 Å². The van der Waals surface area contributed by atoms with Crippen LogP contribution >= 0.6 is 0 Å². The van der Waals surface area contributed by atoms with Crippen molar-refractivity contribution in [2.45, 2.75) is 0 Å². The summed E-state index contributed by atoms with van der Waals surface area (Å²) in [7, 11) is 0. The number of hydrogen-bond acceptors (Lipinski definition) is 2. The zero-order valence-electron chi connectivity index (χ0n) is 2.34. The topological polar surface area (TPSA) is 34.1 Å². The van der Waals surface area contributed by atoms with Crippen molar-refractivity contribution in [2.75, 3.05) is 0 Å². The van der Waals surface area contributed by atoms with E-state index in [1.807, 2.05) is 0 Å². The summed E-state index contributed by atoms with van der Waals surface area (Å²) in [6, 6.07) is 0. The first-order valence-electron chi connectivity index (χ1n) is 0.333. The third kappa shape index (κ3) is 93.6. The van der Waals surface area contributed by atoms with Gasteiger partial charge >= 0.3 is 25.3 Å². The average molecular weight is 276 g/mol. The molecule has 0 fully saturated rings. The van der Waals surface area contributed by atoms with Crippen LogP contribution in [0.3, 0.4) is 0 Å². The van der Waals surface area contributed by atoms with Crippen LogP contribution in [0.15, 0.2) is 0 Å². The van der Waals surface area contributed by atoms with Crippen LogP contribution in [0.4, 0.5) is 9.41 Å². The van der Waals surface area contributed by atoms with Gasteiger partial charge in [-0.15, -0.1) is 0 Å². The van der Waals surface area contributed by atoms with Gasteiger partial charge in [-0.25, -0.2) is 0 Å². The first-order valence-corrected chi connectivity index (χ1v) is 1.97. The Balaban J connectivity index is -0.00000000667. The minimum atomic E-state index is -2.03. The maximum atomic E-state index is 8.50. The third-order valence-electron chi connectivity index (χ3n) is 0. The van der Waals surface area contributed by atoms with Gasteiger partial charge in [0.25, 0.3) is 0 Å². The summed E-state index contributed by atoms with van der Waals surface area (Å²) in [5.41, 5.74) is 0. The van der Waals surface area contributed by atoms with Crippen molar-refractivity contribution in [3.05, 3.63) is 0 Å². The number of rotatable bonds is 0. The summed E-state index contributed by atoms with van der Waals surface area (Å²) in [5, 5.41) is 0. The first-order chi connectivity index (χ1) is 1.41. The SMILES string of the molecule is F.F.[Ag].[O]=[Mo]=[O]. The fourth-order valence-corrected chi connectivity index (χ4v) is 0. The second kappa shape index (κ2) is 39.5. The van der Waals surface area contributed by atoms with E-state index >= 15 is 0 Å². The van der Waals surface area contributed by atoms with Crippen molar-refractivity contribution >= 4 is 0 Å². The van der Waals surface area contributed by atoms with Crippen LogP contribution in [0.25, 0.3) is 0 Å². The Morgan fingerprint density at radius 2 is 1.00 bits per heavy atom. The van der Waals surface area contributed by atoms with Crippen LogP contribution in [-0.4, -0.2) is 0 Å². The van der Waals surface area contributed by atoms with Gasteiger partial charge in [0.15, 0.2) is 0 Å². The van der Waals surface area contributed by atoms with Gasteiger partial charge in [-0.05, 0) is 0 Å².